The first kappa shape index (κ1) is 19.7. The van der Waals surface area contributed by atoms with E-state index in [1.807, 2.05) is 0 Å². The molecule has 0 saturated heterocycles. The van der Waals surface area contributed by atoms with Gasteiger partial charge < -0.3 is 15.0 Å². The highest BCUT2D eigenvalue weighted by molar-refractivity contribution is 5.64. The van der Waals surface area contributed by atoms with Gasteiger partial charge in [0.15, 0.2) is 0 Å². The van der Waals surface area contributed by atoms with Crippen molar-refractivity contribution in [2.45, 2.75) is 97.5 Å². The Kier molecular flexibility index (Phi) is 5.15. The molecule has 0 aromatic rings. The third-order valence-electron chi connectivity index (χ3n) is 10.2. The number of aliphatic hydroxyl groups is 1. The molecule has 1 N–H and O–H groups in total. The van der Waals surface area contributed by atoms with Crippen LogP contribution >= 0.6 is 0 Å². The Morgan fingerprint density at radius 3 is 2.56 bits per heavy atom. The summed E-state index contributed by atoms with van der Waals surface area (Å²) < 4.78 is 0. The second-order valence-corrected chi connectivity index (χ2v) is 11.2. The summed E-state index contributed by atoms with van der Waals surface area (Å²) in [7, 11) is 0. The van der Waals surface area contributed by atoms with E-state index in [1.165, 1.54) is 51.4 Å². The molecule has 0 aromatic carbocycles. The molecule has 0 amide bonds. The molecule has 4 saturated carbocycles. The Morgan fingerprint density at radius 1 is 1.07 bits per heavy atom. The number of hydrogen-bond acceptors (Lipinski definition) is 3. The first-order chi connectivity index (χ1) is 12.8. The zero-order chi connectivity index (χ0) is 19.4. The number of carboxylic acid groups (broad SMARTS) is 1. The van der Waals surface area contributed by atoms with Crippen molar-refractivity contribution in [1.82, 2.24) is 0 Å². The molecular weight excluding hydrogens is 336 g/mol. The van der Waals surface area contributed by atoms with Crippen molar-refractivity contribution in [3.05, 3.63) is 0 Å². The Hall–Kier alpha value is -0.570. The maximum Gasteiger partial charge on any atom is 0.0577 e. The van der Waals surface area contributed by atoms with Gasteiger partial charge in [-0.1, -0.05) is 33.6 Å². The van der Waals surface area contributed by atoms with Gasteiger partial charge >= 0.3 is 0 Å². The molecule has 0 radical (unpaired) electrons. The first-order valence-electron chi connectivity index (χ1n) is 11.7. The predicted molar refractivity (Wildman–Crippen MR) is 105 cm³/mol. The van der Waals surface area contributed by atoms with Crippen LogP contribution in [0, 0.1) is 46.3 Å². The van der Waals surface area contributed by atoms with Gasteiger partial charge in [0.1, 0.15) is 0 Å². The van der Waals surface area contributed by atoms with Gasteiger partial charge in [-0.15, -0.1) is 0 Å². The lowest BCUT2D eigenvalue weighted by molar-refractivity contribution is -0.306. The molecule has 0 aromatic heterocycles. The van der Waals surface area contributed by atoms with Crippen LogP contribution < -0.4 is 5.11 Å². The summed E-state index contributed by atoms with van der Waals surface area (Å²) in [6.45, 7) is 7.28. The molecule has 0 spiro atoms. The average molecular weight is 376 g/mol. The summed E-state index contributed by atoms with van der Waals surface area (Å²) >= 11 is 0. The Labute approximate surface area is 165 Å². The highest BCUT2D eigenvalue weighted by Gasteiger charge is 2.62. The molecule has 4 aliphatic carbocycles. The third-order valence-corrected chi connectivity index (χ3v) is 10.2. The number of carboxylic acids is 1. The van der Waals surface area contributed by atoms with Crippen molar-refractivity contribution in [1.29, 1.82) is 0 Å². The molecule has 4 aliphatic rings. The summed E-state index contributed by atoms with van der Waals surface area (Å²) in [6.07, 6.45) is 12.2. The van der Waals surface area contributed by atoms with Gasteiger partial charge in [0.25, 0.3) is 0 Å². The quantitative estimate of drug-likeness (QED) is 0.802. The smallest absolute Gasteiger partial charge is 0.0577 e. The van der Waals surface area contributed by atoms with Gasteiger partial charge in [0.05, 0.1) is 6.10 Å². The highest BCUT2D eigenvalue weighted by Crippen LogP contribution is 2.68. The van der Waals surface area contributed by atoms with Crippen molar-refractivity contribution in [3.8, 4) is 0 Å². The maximum absolute atomic E-state index is 11.2. The SMILES string of the molecule is C[C@H](CCC(=O)[O-])[C@H]1CC[C@H]2[C@@H]3[C@H](O)C[C@@H]4CCCC[C@]4(C)[C@H]3CC[C@]12C. The molecule has 4 rings (SSSR count). The van der Waals surface area contributed by atoms with Crippen molar-refractivity contribution in [2.75, 3.05) is 0 Å². The fraction of sp³-hybridized carbons (Fsp3) is 0.958. The van der Waals surface area contributed by atoms with Crippen LogP contribution in [0.2, 0.25) is 0 Å². The van der Waals surface area contributed by atoms with Crippen LogP contribution in [0.3, 0.4) is 0 Å². The summed E-state index contributed by atoms with van der Waals surface area (Å²) in [5.41, 5.74) is 0.730. The van der Waals surface area contributed by atoms with E-state index in [2.05, 4.69) is 20.8 Å². The van der Waals surface area contributed by atoms with Crippen LogP contribution in [0.5, 0.6) is 0 Å². The standard InChI is InChI=1S/C24H40O3/c1-15(7-10-21(26)27)17-8-9-18-22-19(11-13-24(17,18)3)23(2)12-5-4-6-16(23)14-20(22)25/h15-20,22,25H,4-14H2,1-3H3,(H,26,27)/p-1/t15-,16+,17-,18+,19+,20-,22+,23+,24-/m1/s1. The minimum atomic E-state index is -0.913. The minimum absolute atomic E-state index is 0.118. The molecular formula is C24H39O3-. The van der Waals surface area contributed by atoms with Crippen LogP contribution in [-0.2, 0) is 4.79 Å². The van der Waals surface area contributed by atoms with Crippen LogP contribution in [0.25, 0.3) is 0 Å². The van der Waals surface area contributed by atoms with E-state index in [4.69, 9.17) is 0 Å². The van der Waals surface area contributed by atoms with Crippen molar-refractivity contribution in [3.63, 3.8) is 0 Å². The fourth-order valence-corrected chi connectivity index (χ4v) is 8.78. The van der Waals surface area contributed by atoms with Gasteiger partial charge in [0, 0.05) is 5.97 Å². The van der Waals surface area contributed by atoms with Gasteiger partial charge in [-0.2, -0.15) is 0 Å². The predicted octanol–water partition coefficient (Wildman–Crippen LogP) is 4.17. The van der Waals surface area contributed by atoms with Gasteiger partial charge in [-0.3, -0.25) is 0 Å². The van der Waals surface area contributed by atoms with E-state index in [0.29, 0.717) is 35.0 Å². The van der Waals surface area contributed by atoms with Crippen molar-refractivity contribution < 1.29 is 15.0 Å². The highest BCUT2D eigenvalue weighted by atomic mass is 16.4. The second kappa shape index (κ2) is 7.04. The summed E-state index contributed by atoms with van der Waals surface area (Å²) in [5, 5.41) is 22.2. The molecule has 0 bridgehead atoms. The van der Waals surface area contributed by atoms with E-state index in [0.717, 1.165) is 18.8 Å². The number of aliphatic hydroxyl groups excluding tert-OH is 1. The fourth-order valence-electron chi connectivity index (χ4n) is 8.78. The molecule has 4 fully saturated rings. The molecule has 0 aliphatic heterocycles. The topological polar surface area (TPSA) is 60.4 Å². The normalized spacial score (nSPS) is 50.4. The summed E-state index contributed by atoms with van der Waals surface area (Å²) in [4.78, 5) is 10.9. The van der Waals surface area contributed by atoms with Crippen LogP contribution in [0.1, 0.15) is 91.4 Å². The molecule has 27 heavy (non-hydrogen) atoms. The van der Waals surface area contributed by atoms with Crippen LogP contribution in [0.4, 0.5) is 0 Å². The molecule has 0 heterocycles. The third kappa shape index (κ3) is 3.07. The molecule has 3 nitrogen and oxygen atoms in total. The maximum atomic E-state index is 11.2. The Balaban J connectivity index is 1.56. The molecule has 9 atom stereocenters. The van der Waals surface area contributed by atoms with Gasteiger partial charge in [-0.05, 0) is 104 Å². The lowest BCUT2D eigenvalue weighted by Gasteiger charge is -2.62. The summed E-state index contributed by atoms with van der Waals surface area (Å²) in [5.74, 6) is 2.65. The van der Waals surface area contributed by atoms with E-state index in [1.54, 1.807) is 0 Å². The minimum Gasteiger partial charge on any atom is -0.550 e. The monoisotopic (exact) mass is 375 g/mol. The number of rotatable bonds is 4. The molecule has 154 valence electrons. The zero-order valence-electron chi connectivity index (χ0n) is 17.6. The summed E-state index contributed by atoms with van der Waals surface area (Å²) in [6, 6.07) is 0. The van der Waals surface area contributed by atoms with E-state index >= 15 is 0 Å². The van der Waals surface area contributed by atoms with Crippen LogP contribution in [0.15, 0.2) is 0 Å². The Morgan fingerprint density at radius 2 is 1.81 bits per heavy atom. The Bertz CT molecular complexity index is 574. The van der Waals surface area contributed by atoms with Gasteiger partial charge in [-0.25, -0.2) is 0 Å². The lowest BCUT2D eigenvalue weighted by Crippen LogP contribution is -2.57. The average Bonchev–Trinajstić information content (AvgIpc) is 2.97. The number of hydrogen-bond donors (Lipinski definition) is 1. The number of aliphatic carboxylic acids is 1. The molecule has 0 unspecified atom stereocenters. The lowest BCUT2D eigenvalue weighted by atomic mass is 9.44. The first-order valence-corrected chi connectivity index (χ1v) is 11.7. The van der Waals surface area contributed by atoms with Crippen LogP contribution in [-0.4, -0.2) is 17.2 Å². The molecule has 3 heteroatoms. The van der Waals surface area contributed by atoms with Crippen molar-refractivity contribution >= 4 is 5.97 Å². The van der Waals surface area contributed by atoms with E-state index in [-0.39, 0.29) is 17.9 Å². The number of carbonyl (C=O) groups excluding carboxylic acids is 1. The second-order valence-electron chi connectivity index (χ2n) is 11.2. The number of carbonyl (C=O) groups is 1. The van der Waals surface area contributed by atoms with E-state index < -0.39 is 5.97 Å². The number of fused-ring (bicyclic) bond motifs is 5. The zero-order valence-corrected chi connectivity index (χ0v) is 17.6. The largest absolute Gasteiger partial charge is 0.550 e. The van der Waals surface area contributed by atoms with Gasteiger partial charge in [0.2, 0.25) is 0 Å². The van der Waals surface area contributed by atoms with Crippen molar-refractivity contribution in [2.24, 2.45) is 46.3 Å². The van der Waals surface area contributed by atoms with E-state index in [9.17, 15) is 15.0 Å².